The third-order valence-corrected chi connectivity index (χ3v) is 3.73. The van der Waals surface area contributed by atoms with Crippen LogP contribution in [-0.4, -0.2) is 5.24 Å². The van der Waals surface area contributed by atoms with E-state index in [-0.39, 0.29) is 0 Å². The molecule has 2 aromatic rings. The average Bonchev–Trinajstić information content (AvgIpc) is 2.96. The molecule has 2 aromatic carbocycles. The van der Waals surface area contributed by atoms with E-state index in [0.717, 1.165) is 11.1 Å². The molecule has 0 aliphatic heterocycles. The molecule has 0 spiro atoms. The lowest BCUT2D eigenvalue weighted by molar-refractivity contribution is -0.106. The van der Waals surface area contributed by atoms with Crippen molar-refractivity contribution in [3.05, 3.63) is 65.7 Å². The van der Waals surface area contributed by atoms with Gasteiger partial charge in [-0.3, -0.25) is 4.79 Å². The van der Waals surface area contributed by atoms with Gasteiger partial charge < -0.3 is 9.07 Å². The van der Waals surface area contributed by atoms with Gasteiger partial charge in [-0.15, -0.1) is 0 Å². The van der Waals surface area contributed by atoms with E-state index in [1.54, 1.807) is 24.3 Å². The number of para-hydroxylation sites is 1. The van der Waals surface area contributed by atoms with Crippen LogP contribution >= 0.6 is 23.9 Å². The van der Waals surface area contributed by atoms with Crippen LogP contribution in [0.3, 0.4) is 0 Å². The first-order valence-electron chi connectivity index (χ1n) is 6.50. The number of hydrogen-bond acceptors (Lipinski definition) is 5. The van der Waals surface area contributed by atoms with Gasteiger partial charge in [0, 0.05) is 5.57 Å². The molecule has 3 rings (SSSR count). The van der Waals surface area contributed by atoms with Crippen molar-refractivity contribution in [3.8, 4) is 11.5 Å². The topological polar surface area (TPSA) is 44.8 Å². The molecule has 0 unspecified atom stereocenters. The van der Waals surface area contributed by atoms with Gasteiger partial charge in [-0.05, 0) is 53.4 Å². The van der Waals surface area contributed by atoms with Crippen molar-refractivity contribution in [1.82, 2.24) is 0 Å². The first-order chi connectivity index (χ1) is 10.7. The molecule has 22 heavy (non-hydrogen) atoms. The zero-order chi connectivity index (χ0) is 15.4. The number of carbonyl (C=O) groups excluding carboxylic acids is 1. The van der Waals surface area contributed by atoms with Crippen LogP contribution in [0.5, 0.6) is 11.5 Å². The summed E-state index contributed by atoms with van der Waals surface area (Å²) >= 11 is 6.26. The third-order valence-electron chi connectivity index (χ3n) is 3.14. The quantitative estimate of drug-likeness (QED) is 0.258. The summed E-state index contributed by atoms with van der Waals surface area (Å²) in [6.07, 6.45) is 2.51. The van der Waals surface area contributed by atoms with Crippen molar-refractivity contribution < 1.29 is 18.2 Å². The van der Waals surface area contributed by atoms with Crippen molar-refractivity contribution in [3.63, 3.8) is 0 Å². The lowest BCUT2D eigenvalue weighted by Gasteiger charge is -2.07. The molecule has 1 aliphatic carbocycles. The summed E-state index contributed by atoms with van der Waals surface area (Å²) < 4.78 is 10.3. The average molecular weight is 335 g/mol. The number of carbonyl (C=O) groups is 1. The summed E-state index contributed by atoms with van der Waals surface area (Å²) in [4.78, 5) is 16.4. The zero-order valence-electron chi connectivity index (χ0n) is 11.3. The van der Waals surface area contributed by atoms with Crippen LogP contribution in [-0.2, 0) is 15.5 Å². The monoisotopic (exact) mass is 334 g/mol. The molecular formula is C16H11ClO4S. The molecule has 0 aromatic heterocycles. The maximum absolute atomic E-state index is 11.3. The molecule has 0 N–H and O–H groups in total. The third kappa shape index (κ3) is 3.44. The van der Waals surface area contributed by atoms with Crippen LogP contribution < -0.4 is 9.07 Å². The first kappa shape index (κ1) is 15.0. The number of benzene rings is 2. The Bertz CT molecular complexity index is 715. The smallest absolute Gasteiger partial charge is 0.271 e. The summed E-state index contributed by atoms with van der Waals surface area (Å²) in [5.41, 5.74) is 2.35. The predicted molar refractivity (Wildman–Crippen MR) is 85.4 cm³/mol. The summed E-state index contributed by atoms with van der Waals surface area (Å²) in [5, 5.41) is -0.466. The lowest BCUT2D eigenvalue weighted by atomic mass is 10.1. The Labute approximate surface area is 137 Å². The van der Waals surface area contributed by atoms with E-state index >= 15 is 0 Å². The summed E-state index contributed by atoms with van der Waals surface area (Å²) in [5.74, 6) is 1.12. The normalized spacial score (nSPS) is 12.5. The van der Waals surface area contributed by atoms with Crippen molar-refractivity contribution in [1.29, 1.82) is 0 Å². The van der Waals surface area contributed by atoms with E-state index in [1.807, 2.05) is 30.3 Å². The fourth-order valence-corrected chi connectivity index (χ4v) is 2.62. The van der Waals surface area contributed by atoms with Crippen LogP contribution in [0.1, 0.15) is 11.1 Å². The highest BCUT2D eigenvalue weighted by Crippen LogP contribution is 2.33. The summed E-state index contributed by atoms with van der Waals surface area (Å²) in [6, 6.07) is 14.5. The fraction of sp³-hybridized carbons (Fsp3) is 0.0625. The second-order valence-electron chi connectivity index (χ2n) is 4.53. The minimum absolute atomic E-state index is 0.466. The second-order valence-corrected chi connectivity index (χ2v) is 5.31. The standard InChI is InChI=1S/C16H11ClO4S/c17-16(18)14-9-7-11-6-8-13(10-15(11)14)20-22-21-19-12-4-2-1-3-5-12/h1-6,8-10H,7H2. The molecule has 4 nitrogen and oxygen atoms in total. The summed E-state index contributed by atoms with van der Waals surface area (Å²) in [6.45, 7) is 0. The Morgan fingerprint density at radius 2 is 1.91 bits per heavy atom. The van der Waals surface area contributed by atoms with Crippen molar-refractivity contribution in [2.45, 2.75) is 6.42 Å². The molecule has 6 heteroatoms. The lowest BCUT2D eigenvalue weighted by Crippen LogP contribution is -1.94. The van der Waals surface area contributed by atoms with Crippen molar-refractivity contribution >= 4 is 34.7 Å². The highest BCUT2D eigenvalue weighted by molar-refractivity contribution is 7.90. The minimum Gasteiger partial charge on any atom is -0.398 e. The molecule has 0 radical (unpaired) electrons. The maximum Gasteiger partial charge on any atom is 0.271 e. The van der Waals surface area contributed by atoms with Crippen LogP contribution in [0, 0.1) is 0 Å². The zero-order valence-corrected chi connectivity index (χ0v) is 12.9. The van der Waals surface area contributed by atoms with E-state index < -0.39 is 5.24 Å². The van der Waals surface area contributed by atoms with Crippen LogP contribution in [0.4, 0.5) is 0 Å². The Hall–Kier alpha value is -1.95. The largest absolute Gasteiger partial charge is 0.398 e. The van der Waals surface area contributed by atoms with Gasteiger partial charge in [-0.1, -0.05) is 34.7 Å². The van der Waals surface area contributed by atoms with Gasteiger partial charge in [0.2, 0.25) is 0 Å². The van der Waals surface area contributed by atoms with Gasteiger partial charge in [0.25, 0.3) is 17.6 Å². The molecule has 1 aliphatic rings. The highest BCUT2D eigenvalue weighted by Gasteiger charge is 2.19. The molecule has 0 saturated heterocycles. The van der Waals surface area contributed by atoms with Gasteiger partial charge in [0.05, 0.1) is 0 Å². The predicted octanol–water partition coefficient (Wildman–Crippen LogP) is 4.34. The van der Waals surface area contributed by atoms with Gasteiger partial charge in [-0.2, -0.15) is 0 Å². The molecule has 0 fully saturated rings. The molecule has 112 valence electrons. The fourth-order valence-electron chi connectivity index (χ4n) is 2.13. The van der Waals surface area contributed by atoms with Gasteiger partial charge in [0.1, 0.15) is 5.75 Å². The van der Waals surface area contributed by atoms with Crippen LogP contribution in [0.15, 0.2) is 54.6 Å². The molecule has 0 atom stereocenters. The van der Waals surface area contributed by atoms with E-state index in [2.05, 4.69) is 0 Å². The Morgan fingerprint density at radius 3 is 2.68 bits per heavy atom. The second kappa shape index (κ2) is 6.87. The van der Waals surface area contributed by atoms with E-state index in [0.29, 0.717) is 35.8 Å². The Morgan fingerprint density at radius 1 is 1.09 bits per heavy atom. The Kier molecular flexibility index (Phi) is 4.68. The first-order valence-corrected chi connectivity index (χ1v) is 7.55. The SMILES string of the molecule is O=C(Cl)C1=CCc2ccc(OSOOc3ccccc3)cc21. The van der Waals surface area contributed by atoms with E-state index in [4.69, 9.17) is 25.0 Å². The van der Waals surface area contributed by atoms with Gasteiger partial charge >= 0.3 is 0 Å². The number of rotatable bonds is 6. The number of allylic oxidation sites excluding steroid dienone is 2. The number of halogens is 1. The summed E-state index contributed by atoms with van der Waals surface area (Å²) in [7, 11) is 0. The van der Waals surface area contributed by atoms with E-state index in [1.165, 1.54) is 0 Å². The molecular weight excluding hydrogens is 324 g/mol. The van der Waals surface area contributed by atoms with E-state index in [9.17, 15) is 4.79 Å². The maximum atomic E-state index is 11.3. The molecule has 0 amide bonds. The molecule has 0 saturated carbocycles. The number of hydrogen-bond donors (Lipinski definition) is 0. The highest BCUT2D eigenvalue weighted by atomic mass is 35.5. The van der Waals surface area contributed by atoms with Gasteiger partial charge in [0.15, 0.2) is 5.75 Å². The molecule has 0 heterocycles. The van der Waals surface area contributed by atoms with Crippen LogP contribution in [0.2, 0.25) is 0 Å². The minimum atomic E-state index is -0.466. The Balaban J connectivity index is 1.57. The molecule has 0 bridgehead atoms. The van der Waals surface area contributed by atoms with Gasteiger partial charge in [-0.25, -0.2) is 0 Å². The van der Waals surface area contributed by atoms with Crippen LogP contribution in [0.25, 0.3) is 5.57 Å². The van der Waals surface area contributed by atoms with Crippen molar-refractivity contribution in [2.75, 3.05) is 0 Å². The van der Waals surface area contributed by atoms with Crippen molar-refractivity contribution in [2.24, 2.45) is 0 Å². The number of fused-ring (bicyclic) bond motifs is 1.